The number of nitrogens with two attached hydrogens (primary N) is 1. The van der Waals surface area contributed by atoms with E-state index in [0.29, 0.717) is 12.8 Å². The van der Waals surface area contributed by atoms with Gasteiger partial charge in [-0.1, -0.05) is 0 Å². The maximum Gasteiger partial charge on any atom is 0.128 e. The van der Waals surface area contributed by atoms with Gasteiger partial charge in [0.15, 0.2) is 0 Å². The minimum absolute atomic E-state index is 0.212. The number of imidazole rings is 1. The Hall–Kier alpha value is -1.75. The molecule has 2 N–H and O–H groups in total. The van der Waals surface area contributed by atoms with Gasteiger partial charge in [-0.2, -0.15) is 0 Å². The molecule has 96 valence electrons. The van der Waals surface area contributed by atoms with Crippen LogP contribution in [0.2, 0.25) is 0 Å². The molecule has 0 amide bonds. The Morgan fingerprint density at radius 2 is 2.17 bits per heavy atom. The molecule has 5 heteroatoms. The average Bonchev–Trinajstić information content (AvgIpc) is 2.75. The molecule has 0 spiro atoms. The highest BCUT2D eigenvalue weighted by molar-refractivity contribution is 5.22. The van der Waals surface area contributed by atoms with E-state index in [-0.39, 0.29) is 5.56 Å². The van der Waals surface area contributed by atoms with Gasteiger partial charge in [-0.15, -0.1) is 0 Å². The second kappa shape index (κ2) is 5.27. The Morgan fingerprint density at radius 3 is 2.83 bits per heavy atom. The highest BCUT2D eigenvalue weighted by Crippen LogP contribution is 2.20. The topological polar surface area (TPSA) is 43.8 Å². The van der Waals surface area contributed by atoms with Crippen molar-refractivity contribution in [2.24, 2.45) is 12.8 Å². The van der Waals surface area contributed by atoms with Crippen LogP contribution in [0.3, 0.4) is 0 Å². The van der Waals surface area contributed by atoms with Crippen molar-refractivity contribution in [3.05, 3.63) is 53.6 Å². The van der Waals surface area contributed by atoms with Crippen LogP contribution in [0.4, 0.5) is 8.78 Å². The zero-order valence-corrected chi connectivity index (χ0v) is 10.1. The van der Waals surface area contributed by atoms with Crippen LogP contribution in [0, 0.1) is 11.6 Å². The highest BCUT2D eigenvalue weighted by atomic mass is 19.1. The monoisotopic (exact) mass is 251 g/mol. The van der Waals surface area contributed by atoms with Crippen molar-refractivity contribution >= 4 is 0 Å². The van der Waals surface area contributed by atoms with Crippen molar-refractivity contribution in [1.82, 2.24) is 9.55 Å². The number of hydrogen-bond donors (Lipinski definition) is 1. The summed E-state index contributed by atoms with van der Waals surface area (Å²) in [4.78, 5) is 4.16. The zero-order chi connectivity index (χ0) is 13.1. The Kier molecular flexibility index (Phi) is 3.72. The van der Waals surface area contributed by atoms with E-state index in [1.807, 2.05) is 17.8 Å². The van der Waals surface area contributed by atoms with E-state index in [2.05, 4.69) is 4.98 Å². The van der Waals surface area contributed by atoms with Gasteiger partial charge in [0.1, 0.15) is 17.5 Å². The van der Waals surface area contributed by atoms with E-state index in [1.165, 1.54) is 0 Å². The van der Waals surface area contributed by atoms with Gasteiger partial charge in [0.2, 0.25) is 0 Å². The molecule has 0 saturated carbocycles. The molecule has 0 aliphatic rings. The molecule has 18 heavy (non-hydrogen) atoms. The van der Waals surface area contributed by atoms with Crippen LogP contribution in [0.25, 0.3) is 0 Å². The van der Waals surface area contributed by atoms with Crippen LogP contribution >= 0.6 is 0 Å². The SMILES string of the molecule is Cn1ccnc1CCC(N)c1cc(F)ccc1F. The predicted octanol–water partition coefficient (Wildman–Crippen LogP) is 2.33. The maximum atomic E-state index is 13.5. The van der Waals surface area contributed by atoms with Gasteiger partial charge in [-0.3, -0.25) is 0 Å². The van der Waals surface area contributed by atoms with Gasteiger partial charge in [0.25, 0.3) is 0 Å². The lowest BCUT2D eigenvalue weighted by Crippen LogP contribution is -2.14. The number of hydrogen-bond acceptors (Lipinski definition) is 2. The Labute approximate surface area is 104 Å². The van der Waals surface area contributed by atoms with Crippen LogP contribution in [0.5, 0.6) is 0 Å². The molecule has 1 unspecified atom stereocenters. The fourth-order valence-corrected chi connectivity index (χ4v) is 1.88. The second-order valence-corrected chi connectivity index (χ2v) is 4.27. The molecular formula is C13H15F2N3. The van der Waals surface area contributed by atoms with Crippen LogP contribution in [-0.4, -0.2) is 9.55 Å². The summed E-state index contributed by atoms with van der Waals surface area (Å²) in [5.41, 5.74) is 6.10. The molecule has 0 bridgehead atoms. The molecule has 2 aromatic rings. The normalized spacial score (nSPS) is 12.7. The summed E-state index contributed by atoms with van der Waals surface area (Å²) in [6.45, 7) is 0. The third-order valence-electron chi connectivity index (χ3n) is 2.96. The summed E-state index contributed by atoms with van der Waals surface area (Å²) in [5.74, 6) is -0.0650. The number of rotatable bonds is 4. The van der Waals surface area contributed by atoms with Crippen LogP contribution in [0.1, 0.15) is 23.9 Å². The summed E-state index contributed by atoms with van der Waals surface area (Å²) in [5, 5.41) is 0. The molecule has 0 fully saturated rings. The minimum Gasteiger partial charge on any atom is -0.338 e. The van der Waals surface area contributed by atoms with Gasteiger partial charge in [-0.25, -0.2) is 13.8 Å². The number of aromatic nitrogens is 2. The Balaban J connectivity index is 2.06. The lowest BCUT2D eigenvalue weighted by Gasteiger charge is -2.13. The molecule has 2 rings (SSSR count). The fraction of sp³-hybridized carbons (Fsp3) is 0.308. The maximum absolute atomic E-state index is 13.5. The summed E-state index contributed by atoms with van der Waals surface area (Å²) in [6.07, 6.45) is 4.68. The van der Waals surface area contributed by atoms with Crippen molar-refractivity contribution < 1.29 is 8.78 Å². The van der Waals surface area contributed by atoms with Gasteiger partial charge in [0.05, 0.1) is 0 Å². The van der Waals surface area contributed by atoms with E-state index < -0.39 is 17.7 Å². The molecular weight excluding hydrogens is 236 g/mol. The first kappa shape index (κ1) is 12.7. The third-order valence-corrected chi connectivity index (χ3v) is 2.96. The number of halogens is 2. The zero-order valence-electron chi connectivity index (χ0n) is 10.1. The first-order chi connectivity index (χ1) is 8.58. The van der Waals surface area contributed by atoms with Crippen LogP contribution in [-0.2, 0) is 13.5 Å². The molecule has 1 atom stereocenters. The van der Waals surface area contributed by atoms with Crippen molar-refractivity contribution in [3.8, 4) is 0 Å². The second-order valence-electron chi connectivity index (χ2n) is 4.27. The average molecular weight is 251 g/mol. The number of nitrogens with zero attached hydrogens (tertiary/aromatic N) is 2. The molecule has 0 saturated heterocycles. The van der Waals surface area contributed by atoms with E-state index in [4.69, 9.17) is 5.73 Å². The molecule has 0 aliphatic heterocycles. The first-order valence-corrected chi connectivity index (χ1v) is 5.74. The fourth-order valence-electron chi connectivity index (χ4n) is 1.88. The standard InChI is InChI=1S/C13H15F2N3/c1-18-7-6-17-13(18)5-4-12(16)10-8-9(14)2-3-11(10)15/h2-3,6-8,12H,4-5,16H2,1H3. The molecule has 1 aromatic carbocycles. The van der Waals surface area contributed by atoms with Crippen molar-refractivity contribution in [1.29, 1.82) is 0 Å². The van der Waals surface area contributed by atoms with E-state index in [0.717, 1.165) is 24.0 Å². The molecule has 0 aliphatic carbocycles. The molecule has 1 aromatic heterocycles. The van der Waals surface area contributed by atoms with E-state index in [1.54, 1.807) is 6.20 Å². The lowest BCUT2D eigenvalue weighted by atomic mass is 10.0. The van der Waals surface area contributed by atoms with E-state index in [9.17, 15) is 8.78 Å². The van der Waals surface area contributed by atoms with Crippen molar-refractivity contribution in [2.75, 3.05) is 0 Å². The first-order valence-electron chi connectivity index (χ1n) is 5.74. The number of aryl methyl sites for hydroxylation is 2. The summed E-state index contributed by atoms with van der Waals surface area (Å²) >= 11 is 0. The molecule has 1 heterocycles. The summed E-state index contributed by atoms with van der Waals surface area (Å²) in [6, 6.07) is 2.81. The summed E-state index contributed by atoms with van der Waals surface area (Å²) in [7, 11) is 1.89. The Morgan fingerprint density at radius 1 is 1.39 bits per heavy atom. The summed E-state index contributed by atoms with van der Waals surface area (Å²) < 4.78 is 28.4. The van der Waals surface area contributed by atoms with Crippen LogP contribution in [0.15, 0.2) is 30.6 Å². The third kappa shape index (κ3) is 2.73. The lowest BCUT2D eigenvalue weighted by molar-refractivity contribution is 0.542. The van der Waals surface area contributed by atoms with Gasteiger partial charge < -0.3 is 10.3 Å². The van der Waals surface area contributed by atoms with Gasteiger partial charge >= 0.3 is 0 Å². The molecule has 0 radical (unpaired) electrons. The minimum atomic E-state index is -0.530. The quantitative estimate of drug-likeness (QED) is 0.906. The molecule has 3 nitrogen and oxygen atoms in total. The van der Waals surface area contributed by atoms with E-state index >= 15 is 0 Å². The van der Waals surface area contributed by atoms with Crippen LogP contribution < -0.4 is 5.73 Å². The Bertz CT molecular complexity index is 537. The predicted molar refractivity (Wildman–Crippen MR) is 64.8 cm³/mol. The van der Waals surface area contributed by atoms with Crippen molar-refractivity contribution in [3.63, 3.8) is 0 Å². The van der Waals surface area contributed by atoms with Crippen molar-refractivity contribution in [2.45, 2.75) is 18.9 Å². The number of benzene rings is 1. The van der Waals surface area contributed by atoms with Gasteiger partial charge in [-0.05, 0) is 24.6 Å². The smallest absolute Gasteiger partial charge is 0.128 e. The highest BCUT2D eigenvalue weighted by Gasteiger charge is 2.13. The largest absolute Gasteiger partial charge is 0.338 e. The van der Waals surface area contributed by atoms with Gasteiger partial charge in [0, 0.05) is 37.5 Å².